The first-order valence-electron chi connectivity index (χ1n) is 6.33. The molecule has 2 rings (SSSR count). The lowest BCUT2D eigenvalue weighted by atomic mass is 10.2. The fourth-order valence-corrected chi connectivity index (χ4v) is 2.11. The number of carbonyl (C=O) groups is 1. The third kappa shape index (κ3) is 3.65. The number of carbonyl (C=O) groups excluding carboxylic acids is 1. The summed E-state index contributed by atoms with van der Waals surface area (Å²) in [5.74, 6) is 0.587. The SMILES string of the molecule is CN(C)c1cccc([C@@H]2CN(CC(N)=O)CCO2)n1. The van der Waals surface area contributed by atoms with Gasteiger partial charge in [0, 0.05) is 27.2 Å². The van der Waals surface area contributed by atoms with Gasteiger partial charge in [0.1, 0.15) is 11.9 Å². The maximum absolute atomic E-state index is 11.0. The molecule has 0 saturated carbocycles. The van der Waals surface area contributed by atoms with Crippen LogP contribution in [0.3, 0.4) is 0 Å². The van der Waals surface area contributed by atoms with Gasteiger partial charge in [0.2, 0.25) is 5.91 Å². The quantitative estimate of drug-likeness (QED) is 0.829. The summed E-state index contributed by atoms with van der Waals surface area (Å²) in [5, 5.41) is 0. The van der Waals surface area contributed by atoms with E-state index in [4.69, 9.17) is 10.5 Å². The highest BCUT2D eigenvalue weighted by Crippen LogP contribution is 2.22. The van der Waals surface area contributed by atoms with Crippen molar-refractivity contribution in [2.45, 2.75) is 6.10 Å². The summed E-state index contributed by atoms with van der Waals surface area (Å²) in [6.45, 7) is 2.23. The van der Waals surface area contributed by atoms with Crippen LogP contribution < -0.4 is 10.6 Å². The topological polar surface area (TPSA) is 71.7 Å². The van der Waals surface area contributed by atoms with Crippen molar-refractivity contribution in [2.75, 3.05) is 45.2 Å². The Hall–Kier alpha value is -1.66. The van der Waals surface area contributed by atoms with Crippen molar-refractivity contribution in [1.29, 1.82) is 0 Å². The maximum atomic E-state index is 11.0. The van der Waals surface area contributed by atoms with Crippen LogP contribution in [0.1, 0.15) is 11.8 Å². The number of rotatable bonds is 4. The molecular formula is C13H20N4O2. The van der Waals surface area contributed by atoms with Gasteiger partial charge in [-0.25, -0.2) is 4.98 Å². The van der Waals surface area contributed by atoms with Crippen LogP contribution in [-0.4, -0.2) is 56.1 Å². The summed E-state index contributed by atoms with van der Waals surface area (Å²) >= 11 is 0. The lowest BCUT2D eigenvalue weighted by molar-refractivity contribution is -0.121. The summed E-state index contributed by atoms with van der Waals surface area (Å²) in [5.41, 5.74) is 6.12. The van der Waals surface area contributed by atoms with Crippen molar-refractivity contribution in [3.63, 3.8) is 0 Å². The van der Waals surface area contributed by atoms with Crippen LogP contribution in [0.5, 0.6) is 0 Å². The summed E-state index contributed by atoms with van der Waals surface area (Å²) in [6.07, 6.45) is -0.104. The highest BCUT2D eigenvalue weighted by Gasteiger charge is 2.24. The van der Waals surface area contributed by atoms with Gasteiger partial charge in [0.05, 0.1) is 18.8 Å². The minimum absolute atomic E-state index is 0.104. The standard InChI is InChI=1S/C13H20N4O2/c1-16(2)13-5-3-4-10(15-13)11-8-17(6-7-19-11)9-12(14)18/h3-5,11H,6-9H2,1-2H3,(H2,14,18)/t11-/m0/s1. The third-order valence-electron chi connectivity index (χ3n) is 3.07. The minimum atomic E-state index is -0.310. The summed E-state index contributed by atoms with van der Waals surface area (Å²) in [7, 11) is 3.90. The number of nitrogens with zero attached hydrogens (tertiary/aromatic N) is 3. The van der Waals surface area contributed by atoms with Crippen molar-refractivity contribution in [1.82, 2.24) is 9.88 Å². The molecule has 6 nitrogen and oxygen atoms in total. The molecule has 1 aromatic rings. The number of anilines is 1. The fraction of sp³-hybridized carbons (Fsp3) is 0.538. The van der Waals surface area contributed by atoms with Crippen LogP contribution >= 0.6 is 0 Å². The van der Waals surface area contributed by atoms with E-state index in [2.05, 4.69) is 4.98 Å². The van der Waals surface area contributed by atoms with Crippen LogP contribution in [0, 0.1) is 0 Å². The van der Waals surface area contributed by atoms with Crippen molar-refractivity contribution in [3.8, 4) is 0 Å². The molecule has 0 aromatic carbocycles. The normalized spacial score (nSPS) is 20.2. The Balaban J connectivity index is 2.08. The van der Waals surface area contributed by atoms with Crippen molar-refractivity contribution in [2.24, 2.45) is 5.73 Å². The van der Waals surface area contributed by atoms with Crippen LogP contribution in [0.15, 0.2) is 18.2 Å². The number of amides is 1. The van der Waals surface area contributed by atoms with E-state index < -0.39 is 0 Å². The molecule has 104 valence electrons. The molecule has 2 heterocycles. The van der Waals surface area contributed by atoms with Gasteiger partial charge in [-0.1, -0.05) is 6.07 Å². The first kappa shape index (κ1) is 13.8. The summed E-state index contributed by atoms with van der Waals surface area (Å²) < 4.78 is 5.74. The average molecular weight is 264 g/mol. The van der Waals surface area contributed by atoms with E-state index in [0.717, 1.165) is 18.1 Å². The van der Waals surface area contributed by atoms with E-state index in [0.29, 0.717) is 13.2 Å². The van der Waals surface area contributed by atoms with Gasteiger partial charge in [-0.2, -0.15) is 0 Å². The Morgan fingerprint density at radius 2 is 2.37 bits per heavy atom. The Morgan fingerprint density at radius 3 is 3.05 bits per heavy atom. The fourth-order valence-electron chi connectivity index (χ4n) is 2.11. The van der Waals surface area contributed by atoms with E-state index >= 15 is 0 Å². The molecule has 1 aliphatic heterocycles. The van der Waals surface area contributed by atoms with Crippen LogP contribution in [-0.2, 0) is 9.53 Å². The van der Waals surface area contributed by atoms with Gasteiger partial charge in [-0.15, -0.1) is 0 Å². The molecule has 1 aromatic heterocycles. The molecule has 0 spiro atoms. The number of nitrogens with two attached hydrogens (primary N) is 1. The van der Waals surface area contributed by atoms with Crippen LogP contribution in [0.4, 0.5) is 5.82 Å². The zero-order valence-electron chi connectivity index (χ0n) is 11.4. The highest BCUT2D eigenvalue weighted by atomic mass is 16.5. The Labute approximate surface area is 113 Å². The second-order valence-corrected chi connectivity index (χ2v) is 4.88. The maximum Gasteiger partial charge on any atom is 0.231 e. The number of hydrogen-bond donors (Lipinski definition) is 1. The monoisotopic (exact) mass is 264 g/mol. The van der Waals surface area contributed by atoms with Gasteiger partial charge >= 0.3 is 0 Å². The number of aromatic nitrogens is 1. The lowest BCUT2D eigenvalue weighted by Crippen LogP contribution is -2.43. The number of morpholine rings is 1. The zero-order valence-corrected chi connectivity index (χ0v) is 11.4. The molecule has 19 heavy (non-hydrogen) atoms. The van der Waals surface area contributed by atoms with Crippen molar-refractivity contribution in [3.05, 3.63) is 23.9 Å². The molecule has 1 fully saturated rings. The molecular weight excluding hydrogens is 244 g/mol. The Kier molecular flexibility index (Phi) is 4.34. The highest BCUT2D eigenvalue weighted by molar-refractivity contribution is 5.75. The lowest BCUT2D eigenvalue weighted by Gasteiger charge is -2.32. The molecule has 1 saturated heterocycles. The Bertz CT molecular complexity index is 450. The van der Waals surface area contributed by atoms with Crippen molar-refractivity contribution < 1.29 is 9.53 Å². The van der Waals surface area contributed by atoms with Gasteiger partial charge in [0.25, 0.3) is 0 Å². The third-order valence-corrected chi connectivity index (χ3v) is 3.07. The van der Waals surface area contributed by atoms with Crippen LogP contribution in [0.2, 0.25) is 0 Å². The molecule has 1 atom stereocenters. The number of primary amides is 1. The van der Waals surface area contributed by atoms with Gasteiger partial charge in [-0.3, -0.25) is 9.69 Å². The Morgan fingerprint density at radius 1 is 1.58 bits per heavy atom. The molecule has 0 unspecified atom stereocenters. The number of pyridine rings is 1. The van der Waals surface area contributed by atoms with E-state index in [-0.39, 0.29) is 18.6 Å². The first-order valence-corrected chi connectivity index (χ1v) is 6.33. The first-order chi connectivity index (χ1) is 9.06. The van der Waals surface area contributed by atoms with Crippen LogP contribution in [0.25, 0.3) is 0 Å². The summed E-state index contributed by atoms with van der Waals surface area (Å²) in [6, 6.07) is 5.87. The second kappa shape index (κ2) is 5.99. The van der Waals surface area contributed by atoms with Gasteiger partial charge in [-0.05, 0) is 12.1 Å². The molecule has 6 heteroatoms. The van der Waals surface area contributed by atoms with Crippen molar-refractivity contribution >= 4 is 11.7 Å². The molecule has 1 aliphatic rings. The predicted molar refractivity (Wildman–Crippen MR) is 72.9 cm³/mol. The predicted octanol–water partition coefficient (Wildman–Crippen LogP) is 0.00620. The molecule has 0 bridgehead atoms. The molecule has 0 aliphatic carbocycles. The second-order valence-electron chi connectivity index (χ2n) is 4.88. The molecule has 0 radical (unpaired) electrons. The number of hydrogen-bond acceptors (Lipinski definition) is 5. The smallest absolute Gasteiger partial charge is 0.231 e. The van der Waals surface area contributed by atoms with E-state index in [9.17, 15) is 4.79 Å². The minimum Gasteiger partial charge on any atom is -0.369 e. The van der Waals surface area contributed by atoms with E-state index in [1.165, 1.54) is 0 Å². The average Bonchev–Trinajstić information content (AvgIpc) is 2.38. The molecule has 1 amide bonds. The van der Waals surface area contributed by atoms with E-state index in [1.807, 2.05) is 42.1 Å². The van der Waals surface area contributed by atoms with E-state index in [1.54, 1.807) is 0 Å². The molecule has 2 N–H and O–H groups in total. The zero-order chi connectivity index (χ0) is 13.8. The largest absolute Gasteiger partial charge is 0.369 e. The van der Waals surface area contributed by atoms with Gasteiger partial charge in [0.15, 0.2) is 0 Å². The van der Waals surface area contributed by atoms with Gasteiger partial charge < -0.3 is 15.4 Å². The summed E-state index contributed by atoms with van der Waals surface area (Å²) in [4.78, 5) is 19.5. The number of ether oxygens (including phenoxy) is 1.